The molecule has 1 heterocycles. The molecule has 0 saturated carbocycles. The van der Waals surface area contributed by atoms with Crippen LogP contribution in [0.2, 0.25) is 11.6 Å². The summed E-state index contributed by atoms with van der Waals surface area (Å²) in [5.41, 5.74) is 1.50. The third-order valence-corrected chi connectivity index (χ3v) is 12.6. The van der Waals surface area contributed by atoms with Crippen LogP contribution in [0.5, 0.6) is 0 Å². The highest BCUT2D eigenvalue weighted by molar-refractivity contribution is 6.79. The molecule has 0 aromatic heterocycles. The van der Waals surface area contributed by atoms with Crippen LogP contribution in [0, 0.1) is 10.8 Å². The number of hydrogen-bond acceptors (Lipinski definition) is 2. The van der Waals surface area contributed by atoms with Gasteiger partial charge in [-0.3, -0.25) is 0 Å². The zero-order valence-electron chi connectivity index (χ0n) is 16.5. The van der Waals surface area contributed by atoms with Crippen molar-refractivity contribution in [1.29, 1.82) is 0 Å². The molecule has 1 fully saturated rings. The van der Waals surface area contributed by atoms with Gasteiger partial charge in [0, 0.05) is 0 Å². The van der Waals surface area contributed by atoms with Gasteiger partial charge in [0.1, 0.15) is 0 Å². The summed E-state index contributed by atoms with van der Waals surface area (Å²) in [7, 11) is -1.60. The van der Waals surface area contributed by atoms with E-state index in [0.29, 0.717) is 10.8 Å². The molecule has 1 aliphatic rings. The van der Waals surface area contributed by atoms with Crippen LogP contribution >= 0.6 is 0 Å². The Morgan fingerprint density at radius 3 is 1.73 bits per heavy atom. The maximum atomic E-state index is 4.21. The van der Waals surface area contributed by atoms with Crippen molar-refractivity contribution in [1.82, 2.24) is 9.13 Å². The van der Waals surface area contributed by atoms with Crippen LogP contribution in [0.15, 0.2) is 12.7 Å². The third kappa shape index (κ3) is 3.37. The Morgan fingerprint density at radius 1 is 1.05 bits per heavy atom. The summed E-state index contributed by atoms with van der Waals surface area (Å²) in [6.45, 7) is 28.0. The molecule has 0 spiro atoms. The minimum atomic E-state index is -1.60. The lowest BCUT2D eigenvalue weighted by atomic mass is 9.78. The van der Waals surface area contributed by atoms with Crippen LogP contribution in [0.25, 0.3) is 0 Å². The third-order valence-electron chi connectivity index (χ3n) is 5.90. The van der Waals surface area contributed by atoms with Gasteiger partial charge in [0.25, 0.3) is 0 Å². The van der Waals surface area contributed by atoms with E-state index in [0.717, 1.165) is 5.54 Å². The smallest absolute Gasteiger partial charge is 0.211 e. The minimum absolute atomic E-state index is 0.324. The maximum Gasteiger partial charge on any atom is 0.211 e. The first kappa shape index (κ1) is 19.9. The first-order valence-corrected chi connectivity index (χ1v) is 11.5. The molecule has 2 nitrogen and oxygen atoms in total. The van der Waals surface area contributed by atoms with Gasteiger partial charge in [-0.2, -0.15) is 0 Å². The summed E-state index contributed by atoms with van der Waals surface area (Å²) in [5, 5.41) is 0. The van der Waals surface area contributed by atoms with Crippen molar-refractivity contribution in [2.24, 2.45) is 10.8 Å². The summed E-state index contributed by atoms with van der Waals surface area (Å²) in [6.07, 6.45) is 3.58. The first-order chi connectivity index (χ1) is 10.1. The van der Waals surface area contributed by atoms with Gasteiger partial charge < -0.3 is 9.13 Å². The Hall–Kier alpha value is -0.123. The summed E-state index contributed by atoms with van der Waals surface area (Å²) < 4.78 is 5.70. The lowest BCUT2D eigenvalue weighted by Gasteiger charge is -2.67. The Labute approximate surface area is 141 Å². The van der Waals surface area contributed by atoms with Crippen molar-refractivity contribution in [2.45, 2.75) is 73.4 Å². The Bertz CT molecular complexity index is 354. The zero-order chi connectivity index (χ0) is 17.2. The van der Waals surface area contributed by atoms with Gasteiger partial charge in [0.15, 0.2) is 0 Å². The highest BCUT2D eigenvalue weighted by atomic mass is 28.4. The van der Waals surface area contributed by atoms with E-state index in [2.05, 4.69) is 77.2 Å². The van der Waals surface area contributed by atoms with E-state index < -0.39 is 8.40 Å². The van der Waals surface area contributed by atoms with Crippen LogP contribution in [0.1, 0.15) is 61.8 Å². The molecule has 0 amide bonds. The number of allylic oxidation sites excluding steroid dienone is 1. The van der Waals surface area contributed by atoms with Crippen molar-refractivity contribution in [2.75, 3.05) is 26.2 Å². The summed E-state index contributed by atoms with van der Waals surface area (Å²) >= 11 is 0. The molecule has 130 valence electrons. The molecule has 0 N–H and O–H groups in total. The van der Waals surface area contributed by atoms with Gasteiger partial charge in [-0.15, -0.1) is 6.58 Å². The quantitative estimate of drug-likeness (QED) is 0.451. The molecular formula is C19H40N2Si. The van der Waals surface area contributed by atoms with Gasteiger partial charge >= 0.3 is 0 Å². The van der Waals surface area contributed by atoms with Crippen LogP contribution in [0.4, 0.5) is 0 Å². The lowest BCUT2D eigenvalue weighted by molar-refractivity contribution is 0.185. The Morgan fingerprint density at radius 2 is 1.45 bits per heavy atom. The normalized spacial score (nSPS) is 28.0. The summed E-state index contributed by atoms with van der Waals surface area (Å²) in [6, 6.07) is 1.35. The second-order valence-corrected chi connectivity index (χ2v) is 12.5. The highest BCUT2D eigenvalue weighted by Gasteiger charge is 2.66. The standard InChI is InChI=1S/C19H40N2Si/c1-10-19(9)16-22(20(11-2)12-3,21(13-4)14-5)17(19)15-18(6,7)8/h10,17H,1,11-16H2,2-9H3. The topological polar surface area (TPSA) is 6.48 Å². The van der Waals surface area contributed by atoms with E-state index in [1.54, 1.807) is 0 Å². The fraction of sp³-hybridized carbons (Fsp3) is 0.895. The van der Waals surface area contributed by atoms with Crippen LogP contribution in [0.3, 0.4) is 0 Å². The van der Waals surface area contributed by atoms with Crippen LogP contribution in [-0.4, -0.2) is 43.7 Å². The molecule has 1 rings (SSSR count). The molecule has 1 aliphatic heterocycles. The fourth-order valence-electron chi connectivity index (χ4n) is 4.83. The van der Waals surface area contributed by atoms with E-state index in [4.69, 9.17) is 0 Å². The van der Waals surface area contributed by atoms with E-state index in [1.807, 2.05) is 0 Å². The molecule has 0 radical (unpaired) electrons. The van der Waals surface area contributed by atoms with Crippen molar-refractivity contribution in [3.63, 3.8) is 0 Å². The Kier molecular flexibility index (Phi) is 6.51. The van der Waals surface area contributed by atoms with Gasteiger partial charge in [-0.05, 0) is 55.0 Å². The molecular weight excluding hydrogens is 284 g/mol. The average molecular weight is 325 g/mol. The van der Waals surface area contributed by atoms with Gasteiger partial charge in [0.05, 0.1) is 0 Å². The van der Waals surface area contributed by atoms with Crippen LogP contribution in [-0.2, 0) is 0 Å². The van der Waals surface area contributed by atoms with Crippen molar-refractivity contribution < 1.29 is 0 Å². The molecule has 0 aliphatic carbocycles. The van der Waals surface area contributed by atoms with Gasteiger partial charge in [-0.25, -0.2) is 0 Å². The van der Waals surface area contributed by atoms with E-state index in [1.165, 1.54) is 38.6 Å². The predicted octanol–water partition coefficient (Wildman–Crippen LogP) is 5.12. The van der Waals surface area contributed by atoms with Crippen molar-refractivity contribution >= 4 is 8.40 Å². The van der Waals surface area contributed by atoms with E-state index >= 15 is 0 Å². The molecule has 3 heteroatoms. The van der Waals surface area contributed by atoms with E-state index in [9.17, 15) is 0 Å². The molecule has 0 bridgehead atoms. The minimum Gasteiger partial charge on any atom is -0.312 e. The van der Waals surface area contributed by atoms with E-state index in [-0.39, 0.29) is 0 Å². The van der Waals surface area contributed by atoms with Crippen LogP contribution < -0.4 is 0 Å². The first-order valence-electron chi connectivity index (χ1n) is 9.28. The fourth-order valence-corrected chi connectivity index (χ4v) is 12.4. The maximum absolute atomic E-state index is 4.21. The molecule has 0 aromatic rings. The number of hydrogen-bond donors (Lipinski definition) is 0. The second kappa shape index (κ2) is 7.19. The number of nitrogens with zero attached hydrogens (tertiary/aromatic N) is 2. The highest BCUT2D eigenvalue weighted by Crippen LogP contribution is 2.63. The molecule has 2 unspecified atom stereocenters. The van der Waals surface area contributed by atoms with Crippen molar-refractivity contribution in [3.8, 4) is 0 Å². The van der Waals surface area contributed by atoms with Gasteiger partial charge in [-0.1, -0.05) is 61.5 Å². The summed E-state index contributed by atoms with van der Waals surface area (Å²) in [4.78, 5) is 0. The number of rotatable bonds is 8. The molecule has 22 heavy (non-hydrogen) atoms. The second-order valence-electron chi connectivity index (χ2n) is 8.43. The van der Waals surface area contributed by atoms with Crippen molar-refractivity contribution in [3.05, 3.63) is 12.7 Å². The SMILES string of the molecule is C=CC1(C)C[Si](N(CC)CC)(N(CC)CC)C1CC(C)(C)C. The predicted molar refractivity (Wildman–Crippen MR) is 103 cm³/mol. The molecule has 2 atom stereocenters. The largest absolute Gasteiger partial charge is 0.312 e. The monoisotopic (exact) mass is 324 g/mol. The lowest BCUT2D eigenvalue weighted by Crippen LogP contribution is -2.77. The molecule has 0 aromatic carbocycles. The Balaban J connectivity index is 3.32. The van der Waals surface area contributed by atoms with Gasteiger partial charge in [0.2, 0.25) is 8.40 Å². The average Bonchev–Trinajstić information content (AvgIpc) is 2.46. The molecule has 1 saturated heterocycles. The summed E-state index contributed by atoms with van der Waals surface area (Å²) in [5.74, 6) is 0. The zero-order valence-corrected chi connectivity index (χ0v) is 17.5.